The van der Waals surface area contributed by atoms with E-state index >= 15 is 0 Å². The fourth-order valence-corrected chi connectivity index (χ4v) is 3.33. The van der Waals surface area contributed by atoms with Crippen LogP contribution in [0.1, 0.15) is 28.9 Å². The second-order valence-corrected chi connectivity index (χ2v) is 7.12. The van der Waals surface area contributed by atoms with Gasteiger partial charge in [-0.05, 0) is 68.3 Å². The molecule has 2 aromatic carbocycles. The van der Waals surface area contributed by atoms with Crippen molar-refractivity contribution < 1.29 is 4.79 Å². The van der Waals surface area contributed by atoms with Crippen LogP contribution in [0.5, 0.6) is 0 Å². The highest BCUT2D eigenvalue weighted by molar-refractivity contribution is 6.03. The summed E-state index contributed by atoms with van der Waals surface area (Å²) in [7, 11) is 0. The molecule has 0 bridgehead atoms. The summed E-state index contributed by atoms with van der Waals surface area (Å²) in [6.45, 7) is 4.27. The van der Waals surface area contributed by atoms with Crippen LogP contribution in [0.25, 0.3) is 0 Å². The number of carbonyl (C=O) groups is 1. The summed E-state index contributed by atoms with van der Waals surface area (Å²) in [5.74, 6) is -0.212. The predicted molar refractivity (Wildman–Crippen MR) is 115 cm³/mol. The molecule has 2 heterocycles. The number of nitrogens with zero attached hydrogens (tertiary/aromatic N) is 2. The van der Waals surface area contributed by atoms with Crippen molar-refractivity contribution in [3.63, 3.8) is 0 Å². The first-order valence-corrected chi connectivity index (χ1v) is 9.63. The van der Waals surface area contributed by atoms with Gasteiger partial charge in [0, 0.05) is 30.2 Å². The number of amides is 1. The number of aryl methyl sites for hydroxylation is 1. The van der Waals surface area contributed by atoms with Gasteiger partial charge in [0.15, 0.2) is 0 Å². The van der Waals surface area contributed by atoms with E-state index in [4.69, 9.17) is 0 Å². The number of nitrogens with one attached hydrogen (secondary N) is 2. The molecule has 0 unspecified atom stereocenters. The normalized spacial score (nSPS) is 13.4. The van der Waals surface area contributed by atoms with Gasteiger partial charge in [-0.3, -0.25) is 4.79 Å². The number of benzene rings is 2. The highest BCUT2D eigenvalue weighted by Gasteiger charge is 2.12. The number of rotatable bonds is 5. The van der Waals surface area contributed by atoms with Crippen molar-refractivity contribution in [3.8, 4) is 0 Å². The van der Waals surface area contributed by atoms with Gasteiger partial charge in [0.25, 0.3) is 5.91 Å². The van der Waals surface area contributed by atoms with Crippen molar-refractivity contribution in [3.05, 3.63) is 78.1 Å². The SMILES string of the molecule is Cc1ccc(Nc2ccc(C(=O)Nc3ccc(N4CCCC4)cc3)nc2)cc1. The van der Waals surface area contributed by atoms with E-state index in [1.165, 1.54) is 24.1 Å². The fraction of sp³-hybridized carbons (Fsp3) is 0.217. The minimum absolute atomic E-state index is 0.212. The maximum Gasteiger partial charge on any atom is 0.274 e. The topological polar surface area (TPSA) is 57.3 Å². The van der Waals surface area contributed by atoms with E-state index in [0.29, 0.717) is 5.69 Å². The number of aromatic nitrogens is 1. The Morgan fingerprint density at radius 1 is 0.857 bits per heavy atom. The third-order valence-corrected chi connectivity index (χ3v) is 4.93. The highest BCUT2D eigenvalue weighted by atomic mass is 16.1. The Labute approximate surface area is 165 Å². The molecule has 1 aliphatic heterocycles. The molecule has 1 aliphatic rings. The standard InChI is InChI=1S/C23H24N4O/c1-17-4-6-18(7-5-17)25-20-10-13-22(24-16-20)23(28)26-19-8-11-21(12-9-19)27-14-2-3-15-27/h4-13,16,25H,2-3,14-15H2,1H3,(H,26,28). The molecule has 3 aromatic rings. The number of pyridine rings is 1. The van der Waals surface area contributed by atoms with Crippen LogP contribution in [-0.2, 0) is 0 Å². The minimum Gasteiger partial charge on any atom is -0.372 e. The summed E-state index contributed by atoms with van der Waals surface area (Å²) in [6.07, 6.45) is 4.17. The van der Waals surface area contributed by atoms with Gasteiger partial charge in [0.2, 0.25) is 0 Å². The zero-order valence-corrected chi connectivity index (χ0v) is 16.0. The number of anilines is 4. The van der Waals surface area contributed by atoms with Crippen molar-refractivity contribution in [2.75, 3.05) is 28.6 Å². The van der Waals surface area contributed by atoms with Crippen LogP contribution in [0, 0.1) is 6.92 Å². The third-order valence-electron chi connectivity index (χ3n) is 4.93. The molecule has 2 N–H and O–H groups in total. The Bertz CT molecular complexity index is 928. The van der Waals surface area contributed by atoms with Crippen LogP contribution in [0.15, 0.2) is 66.9 Å². The zero-order valence-electron chi connectivity index (χ0n) is 16.0. The smallest absolute Gasteiger partial charge is 0.274 e. The molecule has 5 heteroatoms. The maximum atomic E-state index is 12.5. The van der Waals surface area contributed by atoms with E-state index in [1.54, 1.807) is 12.3 Å². The Hall–Kier alpha value is -3.34. The van der Waals surface area contributed by atoms with Gasteiger partial charge < -0.3 is 15.5 Å². The lowest BCUT2D eigenvalue weighted by molar-refractivity contribution is 0.102. The van der Waals surface area contributed by atoms with Gasteiger partial charge in [-0.2, -0.15) is 0 Å². The lowest BCUT2D eigenvalue weighted by Gasteiger charge is -2.17. The van der Waals surface area contributed by atoms with Crippen LogP contribution in [0.2, 0.25) is 0 Å². The van der Waals surface area contributed by atoms with Crippen LogP contribution in [0.3, 0.4) is 0 Å². The number of hydrogen-bond acceptors (Lipinski definition) is 4. The molecule has 0 atom stereocenters. The van der Waals surface area contributed by atoms with Crippen LogP contribution < -0.4 is 15.5 Å². The highest BCUT2D eigenvalue weighted by Crippen LogP contribution is 2.22. The van der Waals surface area contributed by atoms with Gasteiger partial charge in [-0.25, -0.2) is 4.98 Å². The van der Waals surface area contributed by atoms with Gasteiger partial charge in [-0.1, -0.05) is 17.7 Å². The molecule has 1 fully saturated rings. The van der Waals surface area contributed by atoms with Gasteiger partial charge in [0.1, 0.15) is 5.69 Å². The first-order valence-electron chi connectivity index (χ1n) is 9.63. The lowest BCUT2D eigenvalue weighted by atomic mass is 10.2. The second kappa shape index (κ2) is 8.13. The molecule has 28 heavy (non-hydrogen) atoms. The lowest BCUT2D eigenvalue weighted by Crippen LogP contribution is -2.17. The average Bonchev–Trinajstić information content (AvgIpc) is 3.26. The van der Waals surface area contributed by atoms with E-state index in [2.05, 4.69) is 39.6 Å². The van der Waals surface area contributed by atoms with E-state index in [9.17, 15) is 4.79 Å². The molecule has 0 aliphatic carbocycles. The summed E-state index contributed by atoms with van der Waals surface area (Å²) < 4.78 is 0. The largest absolute Gasteiger partial charge is 0.372 e. The Morgan fingerprint density at radius 2 is 1.50 bits per heavy atom. The molecule has 1 amide bonds. The summed E-state index contributed by atoms with van der Waals surface area (Å²) in [5.41, 5.74) is 5.41. The molecule has 1 aromatic heterocycles. The maximum absolute atomic E-state index is 12.5. The monoisotopic (exact) mass is 372 g/mol. The van der Waals surface area contributed by atoms with Crippen molar-refractivity contribution in [2.24, 2.45) is 0 Å². The Morgan fingerprint density at radius 3 is 2.14 bits per heavy atom. The van der Waals surface area contributed by atoms with Gasteiger partial charge >= 0.3 is 0 Å². The van der Waals surface area contributed by atoms with Crippen molar-refractivity contribution >= 4 is 28.7 Å². The second-order valence-electron chi connectivity index (χ2n) is 7.12. The van der Waals surface area contributed by atoms with Crippen molar-refractivity contribution in [1.82, 2.24) is 4.98 Å². The van der Waals surface area contributed by atoms with E-state index in [0.717, 1.165) is 30.2 Å². The van der Waals surface area contributed by atoms with Crippen LogP contribution in [-0.4, -0.2) is 24.0 Å². The molecule has 0 saturated carbocycles. The molecule has 4 rings (SSSR count). The summed E-state index contributed by atoms with van der Waals surface area (Å²) >= 11 is 0. The number of hydrogen-bond donors (Lipinski definition) is 2. The predicted octanol–water partition coefficient (Wildman–Crippen LogP) is 4.99. The quantitative estimate of drug-likeness (QED) is 0.663. The molecule has 1 saturated heterocycles. The average molecular weight is 372 g/mol. The Kier molecular flexibility index (Phi) is 5.24. The van der Waals surface area contributed by atoms with Gasteiger partial charge in [-0.15, -0.1) is 0 Å². The summed E-state index contributed by atoms with van der Waals surface area (Å²) in [4.78, 5) is 19.1. The first kappa shape index (κ1) is 18.0. The van der Waals surface area contributed by atoms with Crippen molar-refractivity contribution in [1.29, 1.82) is 0 Å². The molecular formula is C23H24N4O. The first-order chi connectivity index (χ1) is 13.7. The summed E-state index contributed by atoms with van der Waals surface area (Å²) in [5, 5.41) is 6.19. The zero-order chi connectivity index (χ0) is 19.3. The fourth-order valence-electron chi connectivity index (χ4n) is 3.33. The molecule has 0 radical (unpaired) electrons. The Balaban J connectivity index is 1.37. The van der Waals surface area contributed by atoms with E-state index < -0.39 is 0 Å². The summed E-state index contributed by atoms with van der Waals surface area (Å²) in [6, 6.07) is 19.7. The van der Waals surface area contributed by atoms with Crippen molar-refractivity contribution in [2.45, 2.75) is 19.8 Å². The van der Waals surface area contributed by atoms with Crippen LogP contribution in [0.4, 0.5) is 22.7 Å². The molecule has 142 valence electrons. The molecule has 5 nitrogen and oxygen atoms in total. The minimum atomic E-state index is -0.212. The number of carbonyl (C=O) groups excluding carboxylic acids is 1. The van der Waals surface area contributed by atoms with E-state index in [1.807, 2.05) is 42.5 Å². The third kappa shape index (κ3) is 4.31. The molecular weight excluding hydrogens is 348 g/mol. The van der Waals surface area contributed by atoms with Crippen LogP contribution >= 0.6 is 0 Å². The van der Waals surface area contributed by atoms with E-state index in [-0.39, 0.29) is 5.91 Å². The van der Waals surface area contributed by atoms with Gasteiger partial charge in [0.05, 0.1) is 11.9 Å². The molecule has 0 spiro atoms.